The molecular weight excluding hydrogens is 356 g/mol. The number of aromatic nitrogens is 1. The molecule has 0 radical (unpaired) electrons. The Hall–Kier alpha value is -1.85. The molecule has 0 amide bonds. The number of esters is 1. The van der Waals surface area contributed by atoms with Crippen LogP contribution in [0.4, 0.5) is 4.39 Å². The third-order valence-corrected chi connectivity index (χ3v) is 3.90. The molecule has 0 unspecified atom stereocenters. The predicted molar refractivity (Wildman–Crippen MR) is 91.4 cm³/mol. The van der Waals surface area contributed by atoms with Crippen molar-refractivity contribution in [1.82, 2.24) is 4.98 Å². The number of ether oxygens (including phenoxy) is 2. The van der Waals surface area contributed by atoms with Crippen molar-refractivity contribution in [3.05, 3.63) is 45.8 Å². The molecule has 0 atom stereocenters. The number of nitrogens with zero attached hydrogens (tertiary/aromatic N) is 1. The Morgan fingerprint density at radius 1 is 1.21 bits per heavy atom. The topological polar surface area (TPSA) is 48.4 Å². The van der Waals surface area contributed by atoms with Gasteiger partial charge in [0.25, 0.3) is 0 Å². The maximum atomic E-state index is 14.8. The molecular formula is C17H16Cl2FNO3. The van der Waals surface area contributed by atoms with E-state index in [4.69, 9.17) is 27.9 Å². The summed E-state index contributed by atoms with van der Waals surface area (Å²) in [5.41, 5.74) is 0.307. The fourth-order valence-electron chi connectivity index (χ4n) is 2.01. The van der Waals surface area contributed by atoms with E-state index < -0.39 is 11.8 Å². The number of halogens is 3. The van der Waals surface area contributed by atoms with E-state index in [1.54, 1.807) is 0 Å². The van der Waals surface area contributed by atoms with Gasteiger partial charge in [0.15, 0.2) is 17.3 Å². The van der Waals surface area contributed by atoms with Gasteiger partial charge in [-0.05, 0) is 30.7 Å². The Labute approximate surface area is 149 Å². The van der Waals surface area contributed by atoms with Crippen molar-refractivity contribution < 1.29 is 18.7 Å². The summed E-state index contributed by atoms with van der Waals surface area (Å²) in [5, 5.41) is 0.300. The SMILES string of the molecule is CCCCOc1c(Cl)ccc(-c2ccc(Cl)c(C(=O)OC)n2)c1F. The van der Waals surface area contributed by atoms with Gasteiger partial charge < -0.3 is 9.47 Å². The van der Waals surface area contributed by atoms with Crippen LogP contribution in [0, 0.1) is 5.82 Å². The molecule has 2 rings (SSSR count). The van der Waals surface area contributed by atoms with Crippen LogP contribution in [0.5, 0.6) is 5.75 Å². The number of hydrogen-bond donors (Lipinski definition) is 0. The van der Waals surface area contributed by atoms with Crippen molar-refractivity contribution >= 4 is 29.2 Å². The van der Waals surface area contributed by atoms with E-state index >= 15 is 0 Å². The standard InChI is InChI=1S/C17H16Cl2FNO3/c1-3-4-9-24-16-12(19)6-5-10(14(16)20)13-8-7-11(18)15(21-13)17(22)23-2/h5-8H,3-4,9H2,1-2H3. The Morgan fingerprint density at radius 2 is 1.92 bits per heavy atom. The fraction of sp³-hybridized carbons (Fsp3) is 0.294. The van der Waals surface area contributed by atoms with Crippen LogP contribution in [-0.4, -0.2) is 24.7 Å². The molecule has 0 N–H and O–H groups in total. The Balaban J connectivity index is 2.45. The molecule has 24 heavy (non-hydrogen) atoms. The summed E-state index contributed by atoms with van der Waals surface area (Å²) in [7, 11) is 1.22. The van der Waals surface area contributed by atoms with Gasteiger partial charge in [-0.1, -0.05) is 36.5 Å². The summed E-state index contributed by atoms with van der Waals surface area (Å²) in [6.45, 7) is 2.36. The molecule has 0 aliphatic rings. The second kappa shape index (κ2) is 8.31. The molecule has 1 aromatic carbocycles. The van der Waals surface area contributed by atoms with E-state index in [1.165, 1.54) is 31.4 Å². The molecule has 1 aromatic heterocycles. The first kappa shape index (κ1) is 18.5. The zero-order valence-electron chi connectivity index (χ0n) is 13.2. The lowest BCUT2D eigenvalue weighted by Gasteiger charge is -2.12. The first-order chi connectivity index (χ1) is 11.5. The highest BCUT2D eigenvalue weighted by Crippen LogP contribution is 2.35. The number of carbonyl (C=O) groups is 1. The van der Waals surface area contributed by atoms with E-state index in [-0.39, 0.29) is 32.7 Å². The highest BCUT2D eigenvalue weighted by atomic mass is 35.5. The number of rotatable bonds is 6. The van der Waals surface area contributed by atoms with Crippen LogP contribution in [0.3, 0.4) is 0 Å². The molecule has 1 heterocycles. The minimum Gasteiger partial charge on any atom is -0.489 e. The fourth-order valence-corrected chi connectivity index (χ4v) is 2.40. The lowest BCUT2D eigenvalue weighted by atomic mass is 10.1. The van der Waals surface area contributed by atoms with Crippen molar-refractivity contribution in [3.63, 3.8) is 0 Å². The van der Waals surface area contributed by atoms with Gasteiger partial charge in [0.1, 0.15) is 0 Å². The second-order valence-corrected chi connectivity index (χ2v) is 5.77. The molecule has 0 aliphatic heterocycles. The first-order valence-electron chi connectivity index (χ1n) is 7.35. The highest BCUT2D eigenvalue weighted by molar-refractivity contribution is 6.33. The summed E-state index contributed by atoms with van der Waals surface area (Å²) in [5.74, 6) is -1.36. The van der Waals surface area contributed by atoms with E-state index in [0.29, 0.717) is 6.61 Å². The monoisotopic (exact) mass is 371 g/mol. The van der Waals surface area contributed by atoms with Gasteiger partial charge in [-0.3, -0.25) is 0 Å². The van der Waals surface area contributed by atoms with Crippen molar-refractivity contribution in [1.29, 1.82) is 0 Å². The lowest BCUT2D eigenvalue weighted by Crippen LogP contribution is -2.06. The van der Waals surface area contributed by atoms with Gasteiger partial charge in [0.05, 0.1) is 29.5 Å². The predicted octanol–water partition coefficient (Wildman–Crippen LogP) is 5.16. The summed E-state index contributed by atoms with van der Waals surface area (Å²) in [6, 6.07) is 5.97. The smallest absolute Gasteiger partial charge is 0.358 e. The van der Waals surface area contributed by atoms with E-state index in [1.807, 2.05) is 6.92 Å². The third-order valence-electron chi connectivity index (χ3n) is 3.29. The number of pyridine rings is 1. The van der Waals surface area contributed by atoms with Crippen LogP contribution >= 0.6 is 23.2 Å². The minimum absolute atomic E-state index is 0.0287. The van der Waals surface area contributed by atoms with Crippen LogP contribution in [0.25, 0.3) is 11.3 Å². The molecule has 0 saturated carbocycles. The van der Waals surface area contributed by atoms with E-state index in [2.05, 4.69) is 9.72 Å². The van der Waals surface area contributed by atoms with Gasteiger partial charge in [0, 0.05) is 5.56 Å². The molecule has 0 saturated heterocycles. The van der Waals surface area contributed by atoms with Crippen molar-refractivity contribution in [2.75, 3.05) is 13.7 Å². The van der Waals surface area contributed by atoms with E-state index in [9.17, 15) is 9.18 Å². The first-order valence-corrected chi connectivity index (χ1v) is 8.11. The lowest BCUT2D eigenvalue weighted by molar-refractivity contribution is 0.0594. The van der Waals surface area contributed by atoms with Gasteiger partial charge in [-0.25, -0.2) is 14.2 Å². The maximum Gasteiger partial charge on any atom is 0.358 e. The van der Waals surface area contributed by atoms with Crippen LogP contribution in [0.1, 0.15) is 30.3 Å². The van der Waals surface area contributed by atoms with E-state index in [0.717, 1.165) is 12.8 Å². The number of benzene rings is 1. The van der Waals surface area contributed by atoms with Crippen molar-refractivity contribution in [2.24, 2.45) is 0 Å². The van der Waals surface area contributed by atoms with Crippen molar-refractivity contribution in [2.45, 2.75) is 19.8 Å². The molecule has 0 fully saturated rings. The van der Waals surface area contributed by atoms with Gasteiger partial charge >= 0.3 is 5.97 Å². The normalized spacial score (nSPS) is 10.5. The zero-order valence-corrected chi connectivity index (χ0v) is 14.7. The molecule has 0 aliphatic carbocycles. The summed E-state index contributed by atoms with van der Waals surface area (Å²) >= 11 is 12.0. The minimum atomic E-state index is -0.698. The Kier molecular flexibility index (Phi) is 6.40. The highest BCUT2D eigenvalue weighted by Gasteiger charge is 2.19. The van der Waals surface area contributed by atoms with Crippen molar-refractivity contribution in [3.8, 4) is 17.0 Å². The summed E-state index contributed by atoms with van der Waals surface area (Å²) in [4.78, 5) is 15.8. The number of methoxy groups -OCH3 is 1. The van der Waals surface area contributed by atoms with Gasteiger partial charge in [-0.15, -0.1) is 0 Å². The van der Waals surface area contributed by atoms with Gasteiger partial charge in [-0.2, -0.15) is 0 Å². The largest absolute Gasteiger partial charge is 0.489 e. The molecule has 0 bridgehead atoms. The molecule has 128 valence electrons. The molecule has 7 heteroatoms. The second-order valence-electron chi connectivity index (χ2n) is 4.96. The third kappa shape index (κ3) is 3.97. The number of carbonyl (C=O) groups excluding carboxylic acids is 1. The molecule has 2 aromatic rings. The average molecular weight is 372 g/mol. The Morgan fingerprint density at radius 3 is 2.58 bits per heavy atom. The van der Waals surface area contributed by atoms with Crippen LogP contribution in [0.2, 0.25) is 10.0 Å². The Bertz CT molecular complexity index is 753. The van der Waals surface area contributed by atoms with Crippen LogP contribution in [-0.2, 0) is 4.74 Å². The zero-order chi connectivity index (χ0) is 17.7. The maximum absolute atomic E-state index is 14.8. The molecule has 4 nitrogen and oxygen atoms in total. The molecule has 0 spiro atoms. The quantitative estimate of drug-likeness (QED) is 0.519. The van der Waals surface area contributed by atoms with Crippen LogP contribution in [0.15, 0.2) is 24.3 Å². The number of hydrogen-bond acceptors (Lipinski definition) is 4. The summed E-state index contributed by atoms with van der Waals surface area (Å²) < 4.78 is 24.8. The van der Waals surface area contributed by atoms with Gasteiger partial charge in [0.2, 0.25) is 0 Å². The number of unbranched alkanes of at least 4 members (excludes halogenated alkanes) is 1. The summed E-state index contributed by atoms with van der Waals surface area (Å²) in [6.07, 6.45) is 1.70. The van der Waals surface area contributed by atoms with Crippen LogP contribution < -0.4 is 4.74 Å². The average Bonchev–Trinajstić information content (AvgIpc) is 2.58.